The van der Waals surface area contributed by atoms with Gasteiger partial charge in [-0.15, -0.1) is 0 Å². The number of hydrogen-bond acceptors (Lipinski definition) is 6. The lowest BCUT2D eigenvalue weighted by Crippen LogP contribution is -2.24. The van der Waals surface area contributed by atoms with Crippen LogP contribution in [0.1, 0.15) is 23.1 Å². The first-order chi connectivity index (χ1) is 9.95. The van der Waals surface area contributed by atoms with Gasteiger partial charge in [0.1, 0.15) is 28.7 Å². The molecule has 5 N–H and O–H groups in total. The molecule has 0 saturated carbocycles. The van der Waals surface area contributed by atoms with Crippen molar-refractivity contribution in [3.05, 3.63) is 41.5 Å². The molecule has 6 heteroatoms. The molecule has 2 aromatic carbocycles. The number of aliphatic hydroxyl groups excluding tert-OH is 1. The maximum absolute atomic E-state index is 10.4. The van der Waals surface area contributed by atoms with Crippen LogP contribution in [-0.2, 0) is 0 Å². The number of fused-ring (bicyclic) bond motifs is 1. The van der Waals surface area contributed by atoms with E-state index in [1.165, 1.54) is 24.3 Å². The second kappa shape index (κ2) is 4.75. The van der Waals surface area contributed by atoms with Crippen LogP contribution in [0.25, 0.3) is 0 Å². The molecule has 0 aromatic heterocycles. The quantitative estimate of drug-likeness (QED) is 0.547. The second-order valence-electron chi connectivity index (χ2n) is 5.02. The van der Waals surface area contributed by atoms with Gasteiger partial charge in [0.25, 0.3) is 0 Å². The summed E-state index contributed by atoms with van der Waals surface area (Å²) < 4.78 is 5.46. The first-order valence-corrected chi connectivity index (χ1v) is 6.35. The Morgan fingerprint density at radius 3 is 2.14 bits per heavy atom. The Morgan fingerprint density at radius 1 is 0.857 bits per heavy atom. The van der Waals surface area contributed by atoms with E-state index >= 15 is 0 Å². The van der Waals surface area contributed by atoms with Gasteiger partial charge < -0.3 is 30.3 Å². The summed E-state index contributed by atoms with van der Waals surface area (Å²) in [5.74, 6) is -1.04. The van der Waals surface area contributed by atoms with Crippen LogP contribution in [0.15, 0.2) is 30.3 Å². The van der Waals surface area contributed by atoms with Gasteiger partial charge >= 0.3 is 0 Å². The molecule has 0 spiro atoms. The van der Waals surface area contributed by atoms with E-state index in [9.17, 15) is 25.5 Å². The molecule has 21 heavy (non-hydrogen) atoms. The van der Waals surface area contributed by atoms with Gasteiger partial charge in [-0.1, -0.05) is 0 Å². The van der Waals surface area contributed by atoms with E-state index in [1.807, 2.05) is 0 Å². The largest absolute Gasteiger partial charge is 0.508 e. The zero-order valence-corrected chi connectivity index (χ0v) is 10.9. The number of benzene rings is 2. The van der Waals surface area contributed by atoms with Crippen molar-refractivity contribution in [3.8, 4) is 28.7 Å². The van der Waals surface area contributed by atoms with Crippen LogP contribution in [0.3, 0.4) is 0 Å². The van der Waals surface area contributed by atoms with E-state index in [4.69, 9.17) is 4.74 Å². The zero-order valence-electron chi connectivity index (χ0n) is 10.9. The molecule has 3 rings (SSSR count). The molecule has 2 aromatic rings. The van der Waals surface area contributed by atoms with Gasteiger partial charge in [0.2, 0.25) is 0 Å². The van der Waals surface area contributed by atoms with Gasteiger partial charge in [-0.3, -0.25) is 0 Å². The van der Waals surface area contributed by atoms with Crippen molar-refractivity contribution >= 4 is 0 Å². The van der Waals surface area contributed by atoms with E-state index in [0.717, 1.165) is 6.07 Å². The highest BCUT2D eigenvalue weighted by molar-refractivity contribution is 5.53. The Hall–Kier alpha value is -2.60. The molecular formula is C15H14O6. The first-order valence-electron chi connectivity index (χ1n) is 6.35. The van der Waals surface area contributed by atoms with Gasteiger partial charge in [-0.05, 0) is 17.7 Å². The summed E-state index contributed by atoms with van der Waals surface area (Å²) in [7, 11) is 0. The molecular weight excluding hydrogens is 276 g/mol. The molecule has 6 nitrogen and oxygen atoms in total. The summed E-state index contributed by atoms with van der Waals surface area (Å²) in [6.45, 7) is 0.0833. The summed E-state index contributed by atoms with van der Waals surface area (Å²) >= 11 is 0. The topological polar surface area (TPSA) is 110 Å². The second-order valence-corrected chi connectivity index (χ2v) is 5.02. The highest BCUT2D eigenvalue weighted by Gasteiger charge is 2.34. The molecule has 0 amide bonds. The molecule has 1 aliphatic rings. The minimum atomic E-state index is -1.09. The molecule has 1 aliphatic heterocycles. The van der Waals surface area contributed by atoms with E-state index in [-0.39, 0.29) is 40.9 Å². The lowest BCUT2D eigenvalue weighted by atomic mass is 9.87. The Morgan fingerprint density at radius 2 is 1.48 bits per heavy atom. The number of ether oxygens (including phenoxy) is 1. The lowest BCUT2D eigenvalue weighted by Gasteiger charge is -2.31. The molecule has 110 valence electrons. The third kappa shape index (κ3) is 2.30. The first kappa shape index (κ1) is 13.4. The molecule has 0 radical (unpaired) electrons. The van der Waals surface area contributed by atoms with Crippen molar-refractivity contribution in [3.63, 3.8) is 0 Å². The average Bonchev–Trinajstić information content (AvgIpc) is 2.36. The third-order valence-electron chi connectivity index (χ3n) is 3.55. The summed E-state index contributed by atoms with van der Waals surface area (Å²) in [6.07, 6.45) is -1.09. The highest BCUT2D eigenvalue weighted by atomic mass is 16.5. The maximum atomic E-state index is 10.4. The Balaban J connectivity index is 2.04. The Labute approximate surface area is 120 Å². The Kier molecular flexibility index (Phi) is 3.03. The summed E-state index contributed by atoms with van der Waals surface area (Å²) in [6, 6.07) is 6.45. The monoisotopic (exact) mass is 290 g/mol. The predicted octanol–water partition coefficient (Wildman–Crippen LogP) is 1.72. The van der Waals surface area contributed by atoms with Crippen LogP contribution < -0.4 is 4.74 Å². The molecule has 0 aliphatic carbocycles. The summed E-state index contributed by atoms with van der Waals surface area (Å²) in [5, 5.41) is 48.8. The zero-order chi connectivity index (χ0) is 15.1. The fourth-order valence-corrected chi connectivity index (χ4v) is 2.60. The fraction of sp³-hybridized carbons (Fsp3) is 0.200. The van der Waals surface area contributed by atoms with Crippen LogP contribution in [0.5, 0.6) is 28.7 Å². The van der Waals surface area contributed by atoms with Gasteiger partial charge in [0.05, 0.1) is 18.3 Å². The van der Waals surface area contributed by atoms with Gasteiger partial charge in [0, 0.05) is 24.1 Å². The van der Waals surface area contributed by atoms with Gasteiger partial charge in [-0.25, -0.2) is 0 Å². The number of hydrogen-bond donors (Lipinski definition) is 5. The molecule has 1 heterocycles. The maximum Gasteiger partial charge on any atom is 0.132 e. The van der Waals surface area contributed by atoms with Crippen molar-refractivity contribution in [2.45, 2.75) is 12.0 Å². The number of aliphatic hydroxyl groups is 1. The van der Waals surface area contributed by atoms with E-state index in [2.05, 4.69) is 0 Å². The van der Waals surface area contributed by atoms with Crippen LogP contribution in [0.4, 0.5) is 0 Å². The molecule has 0 fully saturated rings. The minimum absolute atomic E-state index is 0.0833. The van der Waals surface area contributed by atoms with Gasteiger partial charge in [0.15, 0.2) is 0 Å². The molecule has 2 atom stereocenters. The minimum Gasteiger partial charge on any atom is -0.508 e. The SMILES string of the molecule is Oc1cc(O)cc(C2COc3cc(O)cc(O)c3C2O)c1. The van der Waals surface area contributed by atoms with Crippen LogP contribution in [0, 0.1) is 0 Å². The van der Waals surface area contributed by atoms with Gasteiger partial charge in [-0.2, -0.15) is 0 Å². The number of phenolic OH excluding ortho intramolecular Hbond substituents is 4. The smallest absolute Gasteiger partial charge is 0.132 e. The lowest BCUT2D eigenvalue weighted by molar-refractivity contribution is 0.0857. The van der Waals surface area contributed by atoms with E-state index in [1.54, 1.807) is 0 Å². The normalized spacial score (nSPS) is 20.6. The summed E-state index contributed by atoms with van der Waals surface area (Å²) in [5.41, 5.74) is 0.657. The van der Waals surface area contributed by atoms with Crippen molar-refractivity contribution in [1.82, 2.24) is 0 Å². The highest BCUT2D eigenvalue weighted by Crippen LogP contribution is 2.47. The average molecular weight is 290 g/mol. The van der Waals surface area contributed by atoms with E-state index < -0.39 is 12.0 Å². The van der Waals surface area contributed by atoms with Crippen LogP contribution in [-0.4, -0.2) is 32.1 Å². The number of aromatic hydroxyl groups is 4. The van der Waals surface area contributed by atoms with Crippen molar-refractivity contribution in [2.75, 3.05) is 6.61 Å². The number of rotatable bonds is 1. The van der Waals surface area contributed by atoms with Crippen molar-refractivity contribution < 1.29 is 30.3 Å². The van der Waals surface area contributed by atoms with Crippen molar-refractivity contribution in [1.29, 1.82) is 0 Å². The number of phenols is 4. The molecule has 0 bridgehead atoms. The van der Waals surface area contributed by atoms with Crippen LogP contribution >= 0.6 is 0 Å². The third-order valence-corrected chi connectivity index (χ3v) is 3.55. The predicted molar refractivity (Wildman–Crippen MR) is 72.7 cm³/mol. The van der Waals surface area contributed by atoms with E-state index in [0.29, 0.717) is 5.56 Å². The van der Waals surface area contributed by atoms with Crippen molar-refractivity contribution in [2.24, 2.45) is 0 Å². The standard InChI is InChI=1S/C15H14O6/c16-8-1-7(2-9(17)3-8)11-6-21-13-5-10(18)4-12(19)14(13)15(11)20/h1-5,11,15-20H,6H2. The molecule has 0 saturated heterocycles. The fourth-order valence-electron chi connectivity index (χ4n) is 2.60. The van der Waals surface area contributed by atoms with Crippen LogP contribution in [0.2, 0.25) is 0 Å². The Bertz CT molecular complexity index is 677. The summed E-state index contributed by atoms with van der Waals surface area (Å²) in [4.78, 5) is 0. The molecule has 2 unspecified atom stereocenters.